The Labute approximate surface area is 336 Å². The van der Waals surface area contributed by atoms with Crippen molar-refractivity contribution < 1.29 is 206 Å². The van der Waals surface area contributed by atoms with Crippen LogP contribution in [0.4, 0.5) is 193 Å². The van der Waals surface area contributed by atoms with Gasteiger partial charge in [-0.1, -0.05) is 0 Å². The fraction of sp³-hybridized carbons (Fsp3) is 1.00. The summed E-state index contributed by atoms with van der Waals surface area (Å²) in [6.45, 7) is 0. The van der Waals surface area contributed by atoms with E-state index in [1.54, 1.807) is 0 Å². The molecule has 0 spiro atoms. The predicted molar refractivity (Wildman–Crippen MR) is 112 cm³/mol. The van der Waals surface area contributed by atoms with Gasteiger partial charge in [0.2, 0.25) is 0 Å². The van der Waals surface area contributed by atoms with E-state index in [1.807, 2.05) is 0 Å². The molecule has 0 aromatic carbocycles. The largest absolute Gasteiger partial charge is 0.595 e. The molecular weight excluding hydrogens is 1150 g/mol. The average Bonchev–Trinajstić information content (AvgIpc) is 3.04. The van der Waals surface area contributed by atoms with E-state index in [-0.39, 0.29) is 0 Å². The Hall–Kier alpha value is -2.98. The lowest BCUT2D eigenvalue weighted by Crippen LogP contribution is -2.82. The maximum Gasteiger partial charge on any atom is 0.595 e. The molecule has 3 nitrogen and oxygen atoms in total. The van der Waals surface area contributed by atoms with Gasteiger partial charge in [0, 0.05) is 0 Å². The van der Waals surface area contributed by atoms with Crippen LogP contribution in [0, 0.1) is 0 Å². The minimum absolute atomic E-state index is 0.858. The van der Waals surface area contributed by atoms with Crippen molar-refractivity contribution in [2.24, 2.45) is 0 Å². The standard InChI is InChI=1S/C20F44O3Si/c21-1(22,3(25,26)5(29,30)7(33,34)9(37,38)11(41,42)13(45,46)47)2(23,24)4(27,28)6(31,32)8(35,36)10(39,40)12(43,44)20(63,64)68(65-17(57,58)14(48,49)50,66-18(59,60)15(51,52)53)67-19(61,62)16(54,55)56. The van der Waals surface area contributed by atoms with E-state index in [4.69, 9.17) is 0 Å². The number of hydrogen-bond donors (Lipinski definition) is 0. The van der Waals surface area contributed by atoms with Crippen molar-refractivity contribution in [3.63, 3.8) is 0 Å². The van der Waals surface area contributed by atoms with Crippen LogP contribution >= 0.6 is 0 Å². The Morgan fingerprint density at radius 2 is 0.294 bits per heavy atom. The SMILES string of the molecule is FC(F)(F)C(F)(F)O[Si](OC(F)(F)C(F)(F)F)(OC(F)(F)C(F)(F)F)C(F)(F)C(F)(F)C(F)(F)C(F)(F)C(F)(F)C(F)(F)C(F)(F)C(F)(F)C(F)(F)C(F)(F)C(F)(F)C(F)(F)C(F)(F)C(F)(F)F. The summed E-state index contributed by atoms with van der Waals surface area (Å²) in [7, 11) is -12.3. The second-order valence-corrected chi connectivity index (χ2v) is 14.2. The lowest BCUT2D eigenvalue weighted by molar-refractivity contribution is -0.487. The highest BCUT2D eigenvalue weighted by Gasteiger charge is 3.02. The van der Waals surface area contributed by atoms with E-state index in [2.05, 4.69) is 0 Å². The molecule has 0 saturated carbocycles. The van der Waals surface area contributed by atoms with Crippen LogP contribution in [0.1, 0.15) is 0 Å². The molecule has 410 valence electrons. The first-order chi connectivity index (χ1) is 28.4. The van der Waals surface area contributed by atoms with Crippen molar-refractivity contribution in [3.8, 4) is 0 Å². The van der Waals surface area contributed by atoms with Crippen molar-refractivity contribution in [1.29, 1.82) is 0 Å². The molecule has 0 N–H and O–H groups in total. The molecule has 0 heterocycles. The normalized spacial score (nSPS) is 17.3. The van der Waals surface area contributed by atoms with E-state index < -0.39 is 128 Å². The van der Waals surface area contributed by atoms with E-state index in [0.717, 1.165) is 13.3 Å². The molecule has 0 aliphatic heterocycles. The van der Waals surface area contributed by atoms with Crippen LogP contribution in [0.3, 0.4) is 0 Å². The molecule has 0 atom stereocenters. The molecular formula is C20F44O3Si. The highest BCUT2D eigenvalue weighted by atomic mass is 28.4. The number of halogens is 44. The summed E-state index contributed by atoms with van der Waals surface area (Å²) in [6, 6.07) is 0. The summed E-state index contributed by atoms with van der Waals surface area (Å²) in [5.41, 5.74) is -10.5. The Morgan fingerprint density at radius 3 is 0.426 bits per heavy atom. The van der Waals surface area contributed by atoms with Crippen molar-refractivity contribution in [1.82, 2.24) is 0 Å². The van der Waals surface area contributed by atoms with Crippen molar-refractivity contribution in [2.75, 3.05) is 0 Å². The van der Waals surface area contributed by atoms with E-state index in [9.17, 15) is 193 Å². The first-order valence-electron chi connectivity index (χ1n) is 13.8. The summed E-state index contributed by atoms with van der Waals surface area (Å²) in [6.07, 6.45) is -61.6. The minimum Gasteiger partial charge on any atom is -0.302 e. The fourth-order valence-corrected chi connectivity index (χ4v) is 5.88. The van der Waals surface area contributed by atoms with Gasteiger partial charge in [0.05, 0.1) is 0 Å². The number of alkyl halides is 44. The summed E-state index contributed by atoms with van der Waals surface area (Å²) in [4.78, 5) is 0. The minimum atomic E-state index is -12.3. The van der Waals surface area contributed by atoms with Gasteiger partial charge in [-0.15, -0.1) is 0 Å². The van der Waals surface area contributed by atoms with Crippen LogP contribution < -0.4 is 0 Å². The van der Waals surface area contributed by atoms with Crippen LogP contribution in [-0.4, -0.2) is 128 Å². The van der Waals surface area contributed by atoms with Gasteiger partial charge in [0.15, 0.2) is 0 Å². The average molecular weight is 1150 g/mol. The predicted octanol–water partition coefficient (Wildman–Crippen LogP) is 13.8. The van der Waals surface area contributed by atoms with Crippen LogP contribution in [0.15, 0.2) is 0 Å². The third-order valence-electron chi connectivity index (χ3n) is 7.25. The molecule has 0 aromatic rings. The molecule has 0 aromatic heterocycles. The van der Waals surface area contributed by atoms with Gasteiger partial charge in [-0.25, -0.2) is 0 Å². The van der Waals surface area contributed by atoms with Crippen LogP contribution in [-0.2, 0) is 13.3 Å². The maximum absolute atomic E-state index is 14.9. The van der Waals surface area contributed by atoms with Crippen molar-refractivity contribution in [3.05, 3.63) is 0 Å². The van der Waals surface area contributed by atoms with Gasteiger partial charge in [0.25, 0.3) is 0 Å². The Morgan fingerprint density at radius 1 is 0.162 bits per heavy atom. The third-order valence-corrected chi connectivity index (χ3v) is 9.91. The molecule has 0 aliphatic carbocycles. The van der Waals surface area contributed by atoms with Crippen LogP contribution in [0.5, 0.6) is 0 Å². The Balaban J connectivity index is 8.70. The molecule has 0 radical (unpaired) electrons. The second-order valence-electron chi connectivity index (χ2n) is 11.9. The summed E-state index contributed by atoms with van der Waals surface area (Å²) in [5.74, 6) is -125. The van der Waals surface area contributed by atoms with Gasteiger partial charge in [-0.3, -0.25) is 0 Å². The monoisotopic (exact) mass is 1150 g/mol. The lowest BCUT2D eigenvalue weighted by atomic mass is 9.84. The van der Waals surface area contributed by atoms with Gasteiger partial charge >= 0.3 is 128 Å². The highest BCUT2D eigenvalue weighted by Crippen LogP contribution is 2.70. The molecule has 0 saturated heterocycles. The topological polar surface area (TPSA) is 27.7 Å². The number of rotatable bonds is 19. The molecule has 0 bridgehead atoms. The fourth-order valence-electron chi connectivity index (χ4n) is 3.47. The quantitative estimate of drug-likeness (QED) is 0.0953. The third kappa shape index (κ3) is 8.59. The molecule has 68 heavy (non-hydrogen) atoms. The first kappa shape index (κ1) is 65.0. The van der Waals surface area contributed by atoms with Crippen LogP contribution in [0.25, 0.3) is 0 Å². The highest BCUT2D eigenvalue weighted by molar-refractivity contribution is 6.64. The number of hydrogen-bond acceptors (Lipinski definition) is 3. The molecule has 0 amide bonds. The van der Waals surface area contributed by atoms with Crippen molar-refractivity contribution in [2.45, 2.75) is 120 Å². The summed E-state index contributed by atoms with van der Waals surface area (Å²) >= 11 is 0. The van der Waals surface area contributed by atoms with E-state index >= 15 is 0 Å². The zero-order valence-corrected chi connectivity index (χ0v) is 29.4. The Kier molecular flexibility index (Phi) is 15.3. The Bertz CT molecular complexity index is 1720. The van der Waals surface area contributed by atoms with Gasteiger partial charge in [0.1, 0.15) is 0 Å². The molecule has 0 rings (SSSR count). The van der Waals surface area contributed by atoms with E-state index in [0.29, 0.717) is 0 Å². The summed E-state index contributed by atoms with van der Waals surface area (Å²) < 4.78 is 597. The molecule has 0 fully saturated rings. The molecule has 0 unspecified atom stereocenters. The maximum atomic E-state index is 14.9. The zero-order chi connectivity index (χ0) is 56.6. The van der Waals surface area contributed by atoms with Gasteiger partial charge in [-0.05, 0) is 0 Å². The lowest BCUT2D eigenvalue weighted by Gasteiger charge is -2.47. The van der Waals surface area contributed by atoms with Crippen molar-refractivity contribution >= 4 is 8.80 Å². The molecule has 0 aliphatic rings. The first-order valence-corrected chi connectivity index (χ1v) is 15.5. The van der Waals surface area contributed by atoms with E-state index in [1.165, 1.54) is 0 Å². The second kappa shape index (κ2) is 16.0. The summed E-state index contributed by atoms with van der Waals surface area (Å²) in [5, 5.41) is 0. The van der Waals surface area contributed by atoms with Crippen LogP contribution in [0.2, 0.25) is 0 Å². The smallest absolute Gasteiger partial charge is 0.302 e. The molecule has 48 heteroatoms. The van der Waals surface area contributed by atoms with Gasteiger partial charge in [-0.2, -0.15) is 193 Å². The van der Waals surface area contributed by atoms with Gasteiger partial charge < -0.3 is 13.3 Å². The zero-order valence-electron chi connectivity index (χ0n) is 28.4.